The van der Waals surface area contributed by atoms with Crippen LogP contribution in [0.3, 0.4) is 0 Å². The quantitative estimate of drug-likeness (QED) is 0.672. The molecule has 1 aliphatic carbocycles. The van der Waals surface area contributed by atoms with Crippen molar-refractivity contribution in [1.29, 1.82) is 0 Å². The Kier molecular flexibility index (Phi) is 4.59. The number of rotatable bonds is 3. The first-order valence-electron chi connectivity index (χ1n) is 7.52. The summed E-state index contributed by atoms with van der Waals surface area (Å²) < 4.78 is 14.3. The zero-order valence-corrected chi connectivity index (χ0v) is 12.5. The lowest BCUT2D eigenvalue weighted by molar-refractivity contribution is 0.0769. The summed E-state index contributed by atoms with van der Waals surface area (Å²) in [6, 6.07) is 3.32. The van der Waals surface area contributed by atoms with Crippen LogP contribution >= 0.6 is 0 Å². The van der Waals surface area contributed by atoms with Gasteiger partial charge < -0.3 is 5.73 Å². The molecule has 0 atom stereocenters. The zero-order chi connectivity index (χ0) is 14.8. The maximum absolute atomic E-state index is 14.3. The Bertz CT molecular complexity index is 479. The van der Waals surface area contributed by atoms with E-state index in [-0.39, 0.29) is 11.3 Å². The number of Topliss-reactive ketones (excluding diaryl/α,β-unsaturated/α-hetero) is 1. The van der Waals surface area contributed by atoms with Crippen molar-refractivity contribution in [3.05, 3.63) is 34.6 Å². The number of carbonyl (C=O) groups excluding carboxylic acids is 1. The average molecular weight is 277 g/mol. The minimum absolute atomic E-state index is 0.0862. The summed E-state index contributed by atoms with van der Waals surface area (Å²) in [5.74, 6) is -0.485. The highest BCUT2D eigenvalue weighted by molar-refractivity contribution is 6.02. The van der Waals surface area contributed by atoms with Crippen LogP contribution < -0.4 is 5.73 Å². The highest BCUT2D eigenvalue weighted by atomic mass is 19.1. The fourth-order valence-corrected chi connectivity index (χ4v) is 3.40. The molecule has 1 saturated carbocycles. The minimum Gasteiger partial charge on any atom is -0.329 e. The molecule has 3 heteroatoms. The van der Waals surface area contributed by atoms with Crippen molar-refractivity contribution in [2.45, 2.75) is 52.4 Å². The van der Waals surface area contributed by atoms with Gasteiger partial charge in [-0.3, -0.25) is 4.79 Å². The number of hydrogen-bond donors (Lipinski definition) is 1. The van der Waals surface area contributed by atoms with Crippen LogP contribution in [0.4, 0.5) is 4.39 Å². The van der Waals surface area contributed by atoms with Gasteiger partial charge in [0.2, 0.25) is 0 Å². The number of aryl methyl sites for hydroxylation is 2. The van der Waals surface area contributed by atoms with E-state index in [9.17, 15) is 9.18 Å². The van der Waals surface area contributed by atoms with E-state index < -0.39 is 11.2 Å². The van der Waals surface area contributed by atoms with Gasteiger partial charge in [0.25, 0.3) is 0 Å². The predicted octanol–water partition coefficient (Wildman–Crippen LogP) is 3.92. The van der Waals surface area contributed by atoms with Crippen LogP contribution in [0.2, 0.25) is 0 Å². The second-order valence-corrected chi connectivity index (χ2v) is 6.17. The van der Waals surface area contributed by atoms with Gasteiger partial charge in [-0.1, -0.05) is 31.7 Å². The van der Waals surface area contributed by atoms with Gasteiger partial charge >= 0.3 is 0 Å². The van der Waals surface area contributed by atoms with Crippen molar-refractivity contribution in [2.24, 2.45) is 11.1 Å². The largest absolute Gasteiger partial charge is 0.329 e. The minimum atomic E-state index is -0.558. The number of carbonyl (C=O) groups is 1. The van der Waals surface area contributed by atoms with Crippen molar-refractivity contribution in [3.8, 4) is 0 Å². The molecule has 2 nitrogen and oxygen atoms in total. The van der Waals surface area contributed by atoms with Gasteiger partial charge in [0.1, 0.15) is 5.82 Å². The number of nitrogens with two attached hydrogens (primary N) is 1. The SMILES string of the molecule is Cc1cc(C)c(C(=O)C2(CN)CCCCCC2)c(F)c1. The standard InChI is InChI=1S/C17H24FNO/c1-12-9-13(2)15(14(18)10-12)16(20)17(11-19)7-5-3-4-6-8-17/h9-10H,3-8,11,19H2,1-2H3. The summed E-state index contributed by atoms with van der Waals surface area (Å²) in [7, 11) is 0. The normalized spacial score (nSPS) is 18.6. The van der Waals surface area contributed by atoms with Crippen molar-refractivity contribution >= 4 is 5.78 Å². The number of hydrogen-bond acceptors (Lipinski definition) is 2. The molecule has 0 saturated heterocycles. The molecule has 0 spiro atoms. The number of ketones is 1. The smallest absolute Gasteiger partial charge is 0.173 e. The molecule has 20 heavy (non-hydrogen) atoms. The first-order valence-corrected chi connectivity index (χ1v) is 7.52. The van der Waals surface area contributed by atoms with Gasteiger partial charge in [0, 0.05) is 12.0 Å². The highest BCUT2D eigenvalue weighted by Gasteiger charge is 2.39. The van der Waals surface area contributed by atoms with E-state index in [1.807, 2.05) is 19.9 Å². The third-order valence-corrected chi connectivity index (χ3v) is 4.59. The number of benzene rings is 1. The van der Waals surface area contributed by atoms with Crippen LogP contribution in [0, 0.1) is 25.1 Å². The van der Waals surface area contributed by atoms with Crippen LogP contribution in [0.15, 0.2) is 12.1 Å². The maximum atomic E-state index is 14.3. The average Bonchev–Trinajstić information content (AvgIpc) is 2.63. The fourth-order valence-electron chi connectivity index (χ4n) is 3.40. The van der Waals surface area contributed by atoms with Crippen LogP contribution in [0.1, 0.15) is 60.0 Å². The molecule has 0 radical (unpaired) electrons. The maximum Gasteiger partial charge on any atom is 0.173 e. The Balaban J connectivity index is 2.43. The highest BCUT2D eigenvalue weighted by Crippen LogP contribution is 2.38. The molecule has 1 aromatic carbocycles. The van der Waals surface area contributed by atoms with E-state index in [0.29, 0.717) is 6.54 Å². The van der Waals surface area contributed by atoms with E-state index in [1.165, 1.54) is 6.07 Å². The van der Waals surface area contributed by atoms with Gasteiger partial charge in [-0.25, -0.2) is 4.39 Å². The molecule has 0 amide bonds. The van der Waals surface area contributed by atoms with Crippen LogP contribution in [-0.2, 0) is 0 Å². The lowest BCUT2D eigenvalue weighted by atomic mass is 9.73. The first kappa shape index (κ1) is 15.2. The Morgan fingerprint density at radius 1 is 1.20 bits per heavy atom. The summed E-state index contributed by atoms with van der Waals surface area (Å²) >= 11 is 0. The fraction of sp³-hybridized carbons (Fsp3) is 0.588. The Hall–Kier alpha value is -1.22. The van der Waals surface area contributed by atoms with Gasteiger partial charge in [-0.05, 0) is 43.9 Å². The Morgan fingerprint density at radius 3 is 2.30 bits per heavy atom. The number of halogens is 1. The lowest BCUT2D eigenvalue weighted by Gasteiger charge is -2.30. The van der Waals surface area contributed by atoms with Crippen molar-refractivity contribution < 1.29 is 9.18 Å². The molecule has 1 fully saturated rings. The molecule has 1 aromatic rings. The van der Waals surface area contributed by atoms with E-state index in [0.717, 1.165) is 49.7 Å². The second kappa shape index (κ2) is 6.04. The van der Waals surface area contributed by atoms with Gasteiger partial charge in [0.15, 0.2) is 5.78 Å². The van der Waals surface area contributed by atoms with Crippen LogP contribution in [0.5, 0.6) is 0 Å². The first-order chi connectivity index (χ1) is 9.50. The topological polar surface area (TPSA) is 43.1 Å². The molecule has 0 unspecified atom stereocenters. The van der Waals surface area contributed by atoms with Gasteiger partial charge in [-0.15, -0.1) is 0 Å². The van der Waals surface area contributed by atoms with Crippen molar-refractivity contribution in [3.63, 3.8) is 0 Å². The summed E-state index contributed by atoms with van der Waals surface area (Å²) in [6.07, 6.45) is 5.88. The summed E-state index contributed by atoms with van der Waals surface area (Å²) in [5, 5.41) is 0. The second-order valence-electron chi connectivity index (χ2n) is 6.17. The molecular formula is C17H24FNO. The van der Waals surface area contributed by atoms with Crippen molar-refractivity contribution in [1.82, 2.24) is 0 Å². The van der Waals surface area contributed by atoms with Crippen LogP contribution in [0.25, 0.3) is 0 Å². The summed E-state index contributed by atoms with van der Waals surface area (Å²) in [6.45, 7) is 3.97. The molecule has 1 aliphatic rings. The van der Waals surface area contributed by atoms with E-state index in [2.05, 4.69) is 0 Å². The third kappa shape index (κ3) is 2.78. The van der Waals surface area contributed by atoms with Crippen LogP contribution in [-0.4, -0.2) is 12.3 Å². The third-order valence-electron chi connectivity index (χ3n) is 4.59. The Labute approximate surface area is 120 Å². The van der Waals surface area contributed by atoms with E-state index in [4.69, 9.17) is 5.73 Å². The zero-order valence-electron chi connectivity index (χ0n) is 12.5. The summed E-state index contributed by atoms with van der Waals surface area (Å²) in [5.41, 5.74) is 7.20. The van der Waals surface area contributed by atoms with E-state index in [1.54, 1.807) is 0 Å². The molecule has 2 rings (SSSR count). The van der Waals surface area contributed by atoms with Crippen molar-refractivity contribution in [2.75, 3.05) is 6.54 Å². The molecule has 0 aromatic heterocycles. The molecule has 0 heterocycles. The molecule has 0 aliphatic heterocycles. The predicted molar refractivity (Wildman–Crippen MR) is 79.4 cm³/mol. The monoisotopic (exact) mass is 277 g/mol. The Morgan fingerprint density at radius 2 is 1.80 bits per heavy atom. The lowest BCUT2D eigenvalue weighted by Crippen LogP contribution is -2.39. The van der Waals surface area contributed by atoms with Gasteiger partial charge in [0.05, 0.1) is 5.56 Å². The molecule has 110 valence electrons. The molecule has 0 bridgehead atoms. The molecule has 2 N–H and O–H groups in total. The summed E-state index contributed by atoms with van der Waals surface area (Å²) in [4.78, 5) is 12.9. The van der Waals surface area contributed by atoms with Gasteiger partial charge in [-0.2, -0.15) is 0 Å². The molecular weight excluding hydrogens is 253 g/mol. The van der Waals surface area contributed by atoms with E-state index >= 15 is 0 Å².